The summed E-state index contributed by atoms with van der Waals surface area (Å²) in [7, 11) is 3.18. The number of ether oxygens (including phenoxy) is 2. The number of nitrogens with zero attached hydrogens (tertiary/aromatic N) is 4. The van der Waals surface area contributed by atoms with Crippen molar-refractivity contribution in [3.05, 3.63) is 48.0 Å². The Morgan fingerprint density at radius 1 is 1.04 bits per heavy atom. The number of H-pyrrole nitrogens is 1. The average Bonchev–Trinajstić information content (AvgIpc) is 3.05. The van der Waals surface area contributed by atoms with E-state index in [1.807, 2.05) is 42.5 Å². The highest BCUT2D eigenvalue weighted by molar-refractivity contribution is 6.03. The number of fused-ring (bicyclic) bond motifs is 3. The van der Waals surface area contributed by atoms with Gasteiger partial charge in [0, 0.05) is 10.9 Å². The summed E-state index contributed by atoms with van der Waals surface area (Å²) in [6.45, 7) is 0. The van der Waals surface area contributed by atoms with E-state index >= 15 is 0 Å². The summed E-state index contributed by atoms with van der Waals surface area (Å²) in [5.74, 6) is 1.60. The molecule has 2 heterocycles. The van der Waals surface area contributed by atoms with Gasteiger partial charge in [0.25, 0.3) is 5.95 Å². The van der Waals surface area contributed by atoms with Crippen LogP contribution in [-0.4, -0.2) is 40.6 Å². The van der Waals surface area contributed by atoms with E-state index in [0.717, 1.165) is 22.0 Å². The van der Waals surface area contributed by atoms with E-state index in [2.05, 4.69) is 30.7 Å². The molecule has 0 radical (unpaired) electrons. The topological polar surface area (TPSA) is 97.3 Å². The number of aromatic nitrogens is 4. The van der Waals surface area contributed by atoms with Crippen LogP contribution in [0.3, 0.4) is 0 Å². The highest BCUT2D eigenvalue weighted by Crippen LogP contribution is 2.27. The molecule has 0 aliphatic rings. The molecule has 2 aromatic heterocycles. The summed E-state index contributed by atoms with van der Waals surface area (Å²) < 4.78 is 10.5. The molecule has 26 heavy (non-hydrogen) atoms. The molecule has 0 spiro atoms. The van der Waals surface area contributed by atoms with Gasteiger partial charge < -0.3 is 14.5 Å². The van der Waals surface area contributed by atoms with E-state index in [0.29, 0.717) is 23.1 Å². The largest absolute Gasteiger partial charge is 0.493 e. The number of benzene rings is 2. The number of hydrogen-bond acceptors (Lipinski definition) is 7. The van der Waals surface area contributed by atoms with Crippen LogP contribution in [0.15, 0.2) is 47.6 Å². The van der Waals surface area contributed by atoms with E-state index < -0.39 is 0 Å². The Balaban J connectivity index is 1.55. The van der Waals surface area contributed by atoms with Gasteiger partial charge in [-0.25, -0.2) is 5.43 Å². The molecule has 0 atom stereocenters. The molecule has 4 rings (SSSR count). The Morgan fingerprint density at radius 3 is 2.73 bits per heavy atom. The average molecular weight is 348 g/mol. The third-order valence-electron chi connectivity index (χ3n) is 3.91. The summed E-state index contributed by atoms with van der Waals surface area (Å²) in [4.78, 5) is 7.62. The molecular formula is C18H16N6O2. The van der Waals surface area contributed by atoms with Crippen LogP contribution < -0.4 is 14.9 Å². The second kappa shape index (κ2) is 6.67. The number of hydrogen-bond donors (Lipinski definition) is 2. The maximum atomic E-state index is 5.27. The van der Waals surface area contributed by atoms with E-state index in [-0.39, 0.29) is 0 Å². The van der Waals surface area contributed by atoms with Gasteiger partial charge in [-0.05, 0) is 29.8 Å². The van der Waals surface area contributed by atoms with Crippen LogP contribution in [0, 0.1) is 0 Å². The van der Waals surface area contributed by atoms with E-state index in [4.69, 9.17) is 9.47 Å². The summed E-state index contributed by atoms with van der Waals surface area (Å²) in [6, 6.07) is 13.4. The van der Waals surface area contributed by atoms with Crippen molar-refractivity contribution in [2.24, 2.45) is 5.10 Å². The predicted molar refractivity (Wildman–Crippen MR) is 100.0 cm³/mol. The van der Waals surface area contributed by atoms with Crippen molar-refractivity contribution >= 4 is 34.2 Å². The van der Waals surface area contributed by atoms with Crippen molar-refractivity contribution in [1.29, 1.82) is 0 Å². The third kappa shape index (κ3) is 2.88. The molecule has 2 aromatic carbocycles. The number of nitrogens with one attached hydrogen (secondary N) is 2. The smallest absolute Gasteiger partial charge is 0.265 e. The summed E-state index contributed by atoms with van der Waals surface area (Å²) in [6.07, 6.45) is 1.64. The van der Waals surface area contributed by atoms with Gasteiger partial charge in [-0.2, -0.15) is 10.1 Å². The molecule has 2 N–H and O–H groups in total. The molecule has 0 amide bonds. The molecule has 130 valence electrons. The van der Waals surface area contributed by atoms with Gasteiger partial charge in [-0.1, -0.05) is 18.2 Å². The van der Waals surface area contributed by atoms with E-state index in [9.17, 15) is 0 Å². The van der Waals surface area contributed by atoms with Gasteiger partial charge in [0.15, 0.2) is 17.1 Å². The van der Waals surface area contributed by atoms with Crippen LogP contribution in [0.2, 0.25) is 0 Å². The molecule has 0 aliphatic heterocycles. The first kappa shape index (κ1) is 15.8. The summed E-state index contributed by atoms with van der Waals surface area (Å²) in [5.41, 5.74) is 5.99. The summed E-state index contributed by atoms with van der Waals surface area (Å²) >= 11 is 0. The monoisotopic (exact) mass is 348 g/mol. The van der Waals surface area contributed by atoms with Crippen molar-refractivity contribution in [2.75, 3.05) is 19.6 Å². The van der Waals surface area contributed by atoms with Crippen molar-refractivity contribution in [3.8, 4) is 11.5 Å². The maximum absolute atomic E-state index is 5.27. The van der Waals surface area contributed by atoms with Crippen molar-refractivity contribution in [3.63, 3.8) is 0 Å². The fraction of sp³-hybridized carbons (Fsp3) is 0.111. The van der Waals surface area contributed by atoms with Crippen LogP contribution in [0.1, 0.15) is 5.56 Å². The summed E-state index contributed by atoms with van der Waals surface area (Å²) in [5, 5.41) is 13.4. The lowest BCUT2D eigenvalue weighted by molar-refractivity contribution is 0.355. The highest BCUT2D eigenvalue weighted by atomic mass is 16.5. The molecule has 8 heteroatoms. The van der Waals surface area contributed by atoms with Crippen molar-refractivity contribution in [1.82, 2.24) is 20.2 Å². The Morgan fingerprint density at radius 2 is 1.88 bits per heavy atom. The molecule has 8 nitrogen and oxygen atoms in total. The van der Waals surface area contributed by atoms with Gasteiger partial charge in [0.2, 0.25) is 0 Å². The number of rotatable bonds is 5. The Kier molecular flexibility index (Phi) is 4.06. The Hall–Kier alpha value is -3.68. The highest BCUT2D eigenvalue weighted by Gasteiger charge is 2.08. The second-order valence-corrected chi connectivity index (χ2v) is 5.49. The normalized spacial score (nSPS) is 11.3. The number of hydrazone groups is 1. The van der Waals surface area contributed by atoms with Crippen molar-refractivity contribution < 1.29 is 9.47 Å². The minimum absolute atomic E-state index is 0.306. The lowest BCUT2D eigenvalue weighted by Gasteiger charge is -2.07. The fourth-order valence-electron chi connectivity index (χ4n) is 2.67. The zero-order valence-corrected chi connectivity index (χ0v) is 14.2. The first-order valence-corrected chi connectivity index (χ1v) is 7.91. The lowest BCUT2D eigenvalue weighted by Crippen LogP contribution is -1.99. The zero-order chi connectivity index (χ0) is 17.9. The van der Waals surface area contributed by atoms with Gasteiger partial charge in [-0.15, -0.1) is 10.2 Å². The molecule has 0 aliphatic carbocycles. The van der Waals surface area contributed by atoms with Gasteiger partial charge in [-0.3, -0.25) is 0 Å². The molecule has 0 fully saturated rings. The van der Waals surface area contributed by atoms with Crippen LogP contribution in [0.4, 0.5) is 5.95 Å². The van der Waals surface area contributed by atoms with Crippen LogP contribution in [0.25, 0.3) is 22.1 Å². The predicted octanol–water partition coefficient (Wildman–Crippen LogP) is 2.97. The van der Waals surface area contributed by atoms with Crippen molar-refractivity contribution in [2.45, 2.75) is 0 Å². The van der Waals surface area contributed by atoms with Gasteiger partial charge >= 0.3 is 0 Å². The first-order chi connectivity index (χ1) is 12.8. The lowest BCUT2D eigenvalue weighted by atomic mass is 10.2. The Bertz CT molecular complexity index is 1110. The van der Waals surface area contributed by atoms with Crippen LogP contribution >= 0.6 is 0 Å². The molecule has 4 aromatic rings. The standard InChI is InChI=1S/C18H16N6O2/c1-25-14-8-7-11(9-15(14)26-2)10-19-23-18-21-17-16(22-24-18)12-5-3-4-6-13(12)20-17/h3-10H,1-2H3,(H2,20,21,23,24)/b19-10+. The van der Waals surface area contributed by atoms with E-state index in [1.54, 1.807) is 20.4 Å². The SMILES string of the molecule is COc1ccc(/C=N/Nc2nnc3c(n2)[nH]c2ccccc23)cc1OC. The van der Waals surface area contributed by atoms with Crippen LogP contribution in [0.5, 0.6) is 11.5 Å². The molecule has 0 saturated carbocycles. The quantitative estimate of drug-likeness (QED) is 0.425. The molecule has 0 saturated heterocycles. The molecule has 0 unspecified atom stereocenters. The van der Waals surface area contributed by atoms with Gasteiger partial charge in [0.1, 0.15) is 5.52 Å². The second-order valence-electron chi connectivity index (χ2n) is 5.49. The minimum atomic E-state index is 0.306. The molecule has 0 bridgehead atoms. The number of aromatic amines is 1. The zero-order valence-electron chi connectivity index (χ0n) is 14.2. The minimum Gasteiger partial charge on any atom is -0.493 e. The third-order valence-corrected chi connectivity index (χ3v) is 3.91. The van der Waals surface area contributed by atoms with Crippen LogP contribution in [-0.2, 0) is 0 Å². The van der Waals surface area contributed by atoms with Gasteiger partial charge in [0.05, 0.1) is 20.4 Å². The fourth-order valence-corrected chi connectivity index (χ4v) is 2.67. The maximum Gasteiger partial charge on any atom is 0.265 e. The van der Waals surface area contributed by atoms with E-state index in [1.165, 1.54) is 0 Å². The number of methoxy groups -OCH3 is 2. The first-order valence-electron chi connectivity index (χ1n) is 7.91. The Labute approximate surface area is 148 Å². The number of para-hydroxylation sites is 1. The molecular weight excluding hydrogens is 332 g/mol. The number of anilines is 1.